The normalized spacial score (nSPS) is 10.5. The minimum absolute atomic E-state index is 0.277. The topological polar surface area (TPSA) is 85.7 Å². The highest BCUT2D eigenvalue weighted by Crippen LogP contribution is 2.34. The average Bonchev–Trinajstić information content (AvgIpc) is 3.23. The molecule has 3 aromatic rings. The lowest BCUT2D eigenvalue weighted by Gasteiger charge is -2.17. The molecule has 0 saturated heterocycles. The van der Waals surface area contributed by atoms with Crippen molar-refractivity contribution in [3.8, 4) is 11.5 Å². The predicted octanol–water partition coefficient (Wildman–Crippen LogP) is 3.56. The number of benzene rings is 2. The van der Waals surface area contributed by atoms with Crippen molar-refractivity contribution in [2.24, 2.45) is 0 Å². The van der Waals surface area contributed by atoms with E-state index in [4.69, 9.17) is 21.1 Å². The van der Waals surface area contributed by atoms with Crippen LogP contribution in [0.5, 0.6) is 11.5 Å². The van der Waals surface area contributed by atoms with Crippen molar-refractivity contribution in [3.05, 3.63) is 70.5 Å². The van der Waals surface area contributed by atoms with Gasteiger partial charge in [0.1, 0.15) is 0 Å². The van der Waals surface area contributed by atoms with Gasteiger partial charge in [0, 0.05) is 31.4 Å². The van der Waals surface area contributed by atoms with Gasteiger partial charge in [-0.25, -0.2) is 0 Å². The third kappa shape index (κ3) is 4.97. The van der Waals surface area contributed by atoms with Crippen LogP contribution in [0.4, 0.5) is 5.69 Å². The minimum atomic E-state index is -0.412. The Balaban J connectivity index is 1.87. The van der Waals surface area contributed by atoms with Crippen molar-refractivity contribution in [1.29, 1.82) is 0 Å². The van der Waals surface area contributed by atoms with E-state index in [1.54, 1.807) is 37.1 Å². The summed E-state index contributed by atoms with van der Waals surface area (Å²) in [6.07, 6.45) is 3.08. The van der Waals surface area contributed by atoms with Gasteiger partial charge in [0.2, 0.25) is 0 Å². The fourth-order valence-corrected chi connectivity index (χ4v) is 3.16. The number of carbonyl (C=O) groups excluding carboxylic acids is 2. The van der Waals surface area contributed by atoms with E-state index >= 15 is 0 Å². The number of aromatic nitrogens is 2. The maximum Gasteiger partial charge on any atom is 0.258 e. The number of rotatable bonds is 7. The average molecular weight is 443 g/mol. The van der Waals surface area contributed by atoms with Gasteiger partial charge in [0.05, 0.1) is 43.8 Å². The van der Waals surface area contributed by atoms with Gasteiger partial charge in [0.15, 0.2) is 11.5 Å². The van der Waals surface area contributed by atoms with E-state index in [0.717, 1.165) is 5.56 Å². The number of halogens is 1. The van der Waals surface area contributed by atoms with E-state index in [1.807, 2.05) is 18.2 Å². The number of carbonyl (C=O) groups is 2. The molecule has 9 heteroatoms. The molecular weight excluding hydrogens is 420 g/mol. The Hall–Kier alpha value is -3.52. The maximum atomic E-state index is 12.9. The van der Waals surface area contributed by atoms with E-state index < -0.39 is 5.91 Å². The molecular formula is C22H23ClN4O4. The summed E-state index contributed by atoms with van der Waals surface area (Å²) in [5.41, 5.74) is 1.81. The van der Waals surface area contributed by atoms with Gasteiger partial charge in [-0.2, -0.15) is 5.10 Å². The lowest BCUT2D eigenvalue weighted by molar-refractivity contribution is 0.0828. The molecule has 0 atom stereocenters. The van der Waals surface area contributed by atoms with Crippen LogP contribution in [0.3, 0.4) is 0 Å². The molecule has 2 aromatic carbocycles. The Morgan fingerprint density at radius 3 is 2.45 bits per heavy atom. The molecule has 8 nitrogen and oxygen atoms in total. The zero-order chi connectivity index (χ0) is 22.5. The summed E-state index contributed by atoms with van der Waals surface area (Å²) in [5, 5.41) is 7.64. The second kappa shape index (κ2) is 9.53. The fourth-order valence-electron chi connectivity index (χ4n) is 2.96. The second-order valence-electron chi connectivity index (χ2n) is 6.92. The van der Waals surface area contributed by atoms with Gasteiger partial charge in [-0.1, -0.05) is 29.8 Å². The number of anilines is 1. The quantitative estimate of drug-likeness (QED) is 0.604. The molecule has 0 aliphatic rings. The predicted molar refractivity (Wildman–Crippen MR) is 118 cm³/mol. The van der Waals surface area contributed by atoms with Crippen LogP contribution in [0, 0.1) is 0 Å². The molecule has 2 amide bonds. The molecule has 1 aromatic heterocycles. The standard InChI is InChI=1S/C22H23ClN4O4/c1-26(2)22(29)16-9-19(30-3)20(31-4)10-18(16)25-21(28)15-11-24-27(13-15)12-14-7-5-6-8-17(14)23/h5-11,13H,12H2,1-4H3,(H,25,28). The molecule has 0 saturated carbocycles. The minimum Gasteiger partial charge on any atom is -0.493 e. The highest BCUT2D eigenvalue weighted by atomic mass is 35.5. The third-order valence-corrected chi connectivity index (χ3v) is 4.96. The lowest BCUT2D eigenvalue weighted by atomic mass is 10.1. The molecule has 3 rings (SSSR count). The van der Waals surface area contributed by atoms with Gasteiger partial charge in [0.25, 0.3) is 11.8 Å². The van der Waals surface area contributed by atoms with Gasteiger partial charge in [-0.15, -0.1) is 0 Å². The van der Waals surface area contributed by atoms with Crippen molar-refractivity contribution >= 4 is 29.1 Å². The van der Waals surface area contributed by atoms with E-state index in [1.165, 1.54) is 31.4 Å². The summed E-state index contributed by atoms with van der Waals surface area (Å²) < 4.78 is 12.2. The van der Waals surface area contributed by atoms with E-state index in [2.05, 4.69) is 10.4 Å². The summed E-state index contributed by atoms with van der Waals surface area (Å²) in [5.74, 6) is 0.0804. The van der Waals surface area contributed by atoms with Crippen LogP contribution >= 0.6 is 11.6 Å². The molecule has 0 bridgehead atoms. The Morgan fingerprint density at radius 1 is 1.13 bits per heavy atom. The third-order valence-electron chi connectivity index (χ3n) is 4.59. The molecule has 162 valence electrons. The van der Waals surface area contributed by atoms with Gasteiger partial charge in [-0.05, 0) is 17.7 Å². The zero-order valence-electron chi connectivity index (χ0n) is 17.7. The van der Waals surface area contributed by atoms with Crippen LogP contribution in [-0.2, 0) is 6.54 Å². The van der Waals surface area contributed by atoms with E-state index in [9.17, 15) is 9.59 Å². The SMILES string of the molecule is COc1cc(NC(=O)c2cnn(Cc3ccccc3Cl)c2)c(C(=O)N(C)C)cc1OC. The Morgan fingerprint density at radius 2 is 1.81 bits per heavy atom. The summed E-state index contributed by atoms with van der Waals surface area (Å²) in [4.78, 5) is 26.9. The highest BCUT2D eigenvalue weighted by Gasteiger charge is 2.21. The summed E-state index contributed by atoms with van der Waals surface area (Å²) in [6, 6.07) is 10.5. The summed E-state index contributed by atoms with van der Waals surface area (Å²) in [6.45, 7) is 0.424. The van der Waals surface area contributed by atoms with Gasteiger partial charge >= 0.3 is 0 Å². The van der Waals surface area contributed by atoms with E-state index in [0.29, 0.717) is 34.3 Å². The molecule has 0 fully saturated rings. The molecule has 0 unspecified atom stereocenters. The maximum absolute atomic E-state index is 12.9. The van der Waals surface area contributed by atoms with Crippen LogP contribution in [0.2, 0.25) is 5.02 Å². The first kappa shape index (κ1) is 22.2. The van der Waals surface area contributed by atoms with E-state index in [-0.39, 0.29) is 11.5 Å². The van der Waals surface area contributed by atoms with Crippen molar-refractivity contribution in [2.45, 2.75) is 6.54 Å². The number of nitrogens with one attached hydrogen (secondary N) is 1. The fraction of sp³-hybridized carbons (Fsp3) is 0.227. The van der Waals surface area contributed by atoms with Crippen LogP contribution < -0.4 is 14.8 Å². The number of nitrogens with zero attached hydrogens (tertiary/aromatic N) is 3. The number of hydrogen-bond donors (Lipinski definition) is 1. The number of hydrogen-bond acceptors (Lipinski definition) is 5. The Bertz CT molecular complexity index is 1110. The van der Waals surface area contributed by atoms with Crippen molar-refractivity contribution in [1.82, 2.24) is 14.7 Å². The van der Waals surface area contributed by atoms with Crippen molar-refractivity contribution < 1.29 is 19.1 Å². The first-order chi connectivity index (χ1) is 14.8. The highest BCUT2D eigenvalue weighted by molar-refractivity contribution is 6.31. The van der Waals surface area contributed by atoms with Gasteiger partial charge in [-0.3, -0.25) is 14.3 Å². The molecule has 1 heterocycles. The van der Waals surface area contributed by atoms with Crippen LogP contribution in [-0.4, -0.2) is 54.8 Å². The van der Waals surface area contributed by atoms with Crippen molar-refractivity contribution in [3.63, 3.8) is 0 Å². The summed E-state index contributed by atoms with van der Waals surface area (Å²) >= 11 is 6.20. The van der Waals surface area contributed by atoms with Crippen LogP contribution in [0.25, 0.3) is 0 Å². The molecule has 31 heavy (non-hydrogen) atoms. The molecule has 0 aliphatic heterocycles. The molecule has 0 aliphatic carbocycles. The zero-order valence-corrected chi connectivity index (χ0v) is 18.4. The lowest BCUT2D eigenvalue weighted by Crippen LogP contribution is -2.24. The monoisotopic (exact) mass is 442 g/mol. The number of methoxy groups -OCH3 is 2. The van der Waals surface area contributed by atoms with Gasteiger partial charge < -0.3 is 19.7 Å². The Labute approximate surface area is 185 Å². The second-order valence-corrected chi connectivity index (χ2v) is 7.33. The smallest absolute Gasteiger partial charge is 0.258 e. The molecule has 0 radical (unpaired) electrons. The largest absolute Gasteiger partial charge is 0.493 e. The first-order valence-electron chi connectivity index (χ1n) is 9.39. The van der Waals surface area contributed by atoms with Crippen LogP contribution in [0.1, 0.15) is 26.3 Å². The first-order valence-corrected chi connectivity index (χ1v) is 9.76. The van der Waals surface area contributed by atoms with Crippen LogP contribution in [0.15, 0.2) is 48.8 Å². The number of amides is 2. The Kier molecular flexibility index (Phi) is 6.81. The molecule has 1 N–H and O–H groups in total. The number of ether oxygens (including phenoxy) is 2. The summed E-state index contributed by atoms with van der Waals surface area (Å²) in [7, 11) is 6.22. The van der Waals surface area contributed by atoms with Crippen molar-refractivity contribution in [2.75, 3.05) is 33.6 Å². The molecule has 0 spiro atoms.